The van der Waals surface area contributed by atoms with Crippen LogP contribution in [0.2, 0.25) is 0 Å². The van der Waals surface area contributed by atoms with Crippen LogP contribution in [0.3, 0.4) is 0 Å². The second kappa shape index (κ2) is 5.69. The first-order valence-electron chi connectivity index (χ1n) is 6.18. The van der Waals surface area contributed by atoms with E-state index in [9.17, 15) is 4.79 Å². The summed E-state index contributed by atoms with van der Waals surface area (Å²) in [5.41, 5.74) is 2.65. The van der Waals surface area contributed by atoms with Crippen molar-refractivity contribution in [2.45, 2.75) is 26.2 Å². The van der Waals surface area contributed by atoms with E-state index in [1.165, 1.54) is 7.11 Å². The van der Waals surface area contributed by atoms with Crippen molar-refractivity contribution in [3.63, 3.8) is 0 Å². The zero-order chi connectivity index (χ0) is 13.8. The van der Waals surface area contributed by atoms with Crippen molar-refractivity contribution in [3.8, 4) is 0 Å². The largest absolute Gasteiger partial charge is 0.469 e. The van der Waals surface area contributed by atoms with Gasteiger partial charge in [-0.1, -0.05) is 35.5 Å². The minimum atomic E-state index is -0.376. The third kappa shape index (κ3) is 2.84. The van der Waals surface area contributed by atoms with Crippen LogP contribution in [-0.4, -0.2) is 18.2 Å². The van der Waals surface area contributed by atoms with E-state index < -0.39 is 0 Å². The molecule has 0 bridgehead atoms. The lowest BCUT2D eigenvalue weighted by Gasteiger charge is -2.14. The Bertz CT molecular complexity index is 541. The van der Waals surface area contributed by atoms with Gasteiger partial charge in [0.2, 0.25) is 0 Å². The van der Waals surface area contributed by atoms with E-state index in [1.807, 2.05) is 44.2 Å². The fourth-order valence-electron chi connectivity index (χ4n) is 2.28. The van der Waals surface area contributed by atoms with E-state index in [2.05, 4.69) is 5.16 Å². The monoisotopic (exact) mass is 259 g/mol. The average molecular weight is 259 g/mol. The van der Waals surface area contributed by atoms with Gasteiger partial charge < -0.3 is 9.26 Å². The molecule has 0 fully saturated rings. The highest BCUT2D eigenvalue weighted by Gasteiger charge is 2.28. The van der Waals surface area contributed by atoms with Crippen LogP contribution in [0.4, 0.5) is 0 Å². The smallest absolute Gasteiger partial charge is 0.313 e. The van der Waals surface area contributed by atoms with Crippen LogP contribution >= 0.6 is 0 Å². The number of rotatable bonds is 4. The van der Waals surface area contributed by atoms with Gasteiger partial charge in [0.05, 0.1) is 18.7 Å². The molecule has 0 saturated carbocycles. The Hall–Kier alpha value is -2.10. The molecule has 0 saturated heterocycles. The fourth-order valence-corrected chi connectivity index (χ4v) is 2.28. The number of carbonyl (C=O) groups is 1. The van der Waals surface area contributed by atoms with Gasteiger partial charge in [-0.2, -0.15) is 0 Å². The normalized spacial score (nSPS) is 12.2. The van der Waals surface area contributed by atoms with Gasteiger partial charge in [0.25, 0.3) is 0 Å². The highest BCUT2D eigenvalue weighted by Crippen LogP contribution is 2.28. The molecule has 100 valence electrons. The van der Waals surface area contributed by atoms with Crippen molar-refractivity contribution in [2.24, 2.45) is 0 Å². The summed E-state index contributed by atoms with van der Waals surface area (Å²) >= 11 is 0. The number of benzene rings is 1. The number of carbonyl (C=O) groups excluding carboxylic acids is 1. The van der Waals surface area contributed by atoms with Gasteiger partial charge in [0.15, 0.2) is 0 Å². The summed E-state index contributed by atoms with van der Waals surface area (Å²) in [4.78, 5) is 12.0. The number of nitrogens with zero attached hydrogens (tertiary/aromatic N) is 1. The quantitative estimate of drug-likeness (QED) is 0.792. The van der Waals surface area contributed by atoms with E-state index in [4.69, 9.17) is 9.26 Å². The lowest BCUT2D eigenvalue weighted by atomic mass is 9.91. The van der Waals surface area contributed by atoms with Crippen molar-refractivity contribution in [3.05, 3.63) is 52.9 Å². The average Bonchev–Trinajstić information content (AvgIpc) is 2.76. The van der Waals surface area contributed by atoms with Crippen LogP contribution in [0.5, 0.6) is 0 Å². The second-order valence-electron chi connectivity index (χ2n) is 4.50. The minimum Gasteiger partial charge on any atom is -0.469 e. The van der Waals surface area contributed by atoms with Gasteiger partial charge in [0.1, 0.15) is 5.76 Å². The van der Waals surface area contributed by atoms with E-state index in [-0.39, 0.29) is 11.9 Å². The summed E-state index contributed by atoms with van der Waals surface area (Å²) in [5.74, 6) is 0.0285. The summed E-state index contributed by atoms with van der Waals surface area (Å²) in [6, 6.07) is 9.85. The molecule has 4 nitrogen and oxygen atoms in total. The molecule has 1 atom stereocenters. The van der Waals surface area contributed by atoms with Crippen LogP contribution in [0, 0.1) is 13.8 Å². The molecule has 1 aromatic heterocycles. The third-order valence-electron chi connectivity index (χ3n) is 3.21. The molecule has 2 aromatic rings. The van der Waals surface area contributed by atoms with Crippen molar-refractivity contribution in [2.75, 3.05) is 7.11 Å². The maximum Gasteiger partial charge on any atom is 0.313 e. The first-order valence-corrected chi connectivity index (χ1v) is 6.18. The Balaban J connectivity index is 2.35. The number of esters is 1. The zero-order valence-corrected chi connectivity index (χ0v) is 11.3. The van der Waals surface area contributed by atoms with Gasteiger partial charge >= 0.3 is 5.97 Å². The first-order chi connectivity index (χ1) is 9.13. The summed E-state index contributed by atoms with van der Waals surface area (Å²) in [6.45, 7) is 3.66. The molecule has 1 aromatic carbocycles. The molecule has 0 N–H and O–H groups in total. The number of aromatic nitrogens is 1. The lowest BCUT2D eigenvalue weighted by molar-refractivity contribution is -0.142. The van der Waals surface area contributed by atoms with Crippen molar-refractivity contribution < 1.29 is 14.1 Å². The molecule has 2 rings (SSSR count). The van der Waals surface area contributed by atoms with Crippen LogP contribution in [0.1, 0.15) is 28.5 Å². The van der Waals surface area contributed by atoms with Crippen molar-refractivity contribution >= 4 is 5.97 Å². The molecular weight excluding hydrogens is 242 g/mol. The summed E-state index contributed by atoms with van der Waals surface area (Å²) < 4.78 is 10.1. The highest BCUT2D eigenvalue weighted by molar-refractivity contribution is 5.79. The molecule has 4 heteroatoms. The Kier molecular flexibility index (Phi) is 4.00. The Labute approximate surface area is 112 Å². The molecule has 0 aliphatic rings. The standard InChI is InChI=1S/C15H17NO3/c1-10-14(11(2)19-16-10)13(15(17)18-3)9-12-7-5-4-6-8-12/h4-8,13H,9H2,1-3H3/t13-/m1/s1. The van der Waals surface area contributed by atoms with Gasteiger partial charge in [-0.15, -0.1) is 0 Å². The number of ether oxygens (including phenoxy) is 1. The number of hydrogen-bond donors (Lipinski definition) is 0. The Morgan fingerprint density at radius 3 is 2.53 bits per heavy atom. The Morgan fingerprint density at radius 2 is 2.00 bits per heavy atom. The molecular formula is C15H17NO3. The van der Waals surface area contributed by atoms with Gasteiger partial charge in [-0.3, -0.25) is 4.79 Å². The van der Waals surface area contributed by atoms with E-state index in [0.29, 0.717) is 12.2 Å². The van der Waals surface area contributed by atoms with Crippen LogP contribution in [-0.2, 0) is 16.0 Å². The number of hydrogen-bond acceptors (Lipinski definition) is 4. The highest BCUT2D eigenvalue weighted by atomic mass is 16.5. The zero-order valence-electron chi connectivity index (χ0n) is 11.3. The Morgan fingerprint density at radius 1 is 1.32 bits per heavy atom. The van der Waals surface area contributed by atoms with E-state index in [0.717, 1.165) is 16.8 Å². The predicted molar refractivity (Wildman–Crippen MR) is 70.9 cm³/mol. The number of methoxy groups -OCH3 is 1. The van der Waals surface area contributed by atoms with Crippen molar-refractivity contribution in [1.29, 1.82) is 0 Å². The van der Waals surface area contributed by atoms with Gasteiger partial charge in [-0.25, -0.2) is 0 Å². The SMILES string of the molecule is COC(=O)[C@H](Cc1ccccc1)c1c(C)noc1C. The van der Waals surface area contributed by atoms with Crippen molar-refractivity contribution in [1.82, 2.24) is 5.16 Å². The topological polar surface area (TPSA) is 52.3 Å². The van der Waals surface area contributed by atoms with Gasteiger partial charge in [-0.05, 0) is 25.8 Å². The summed E-state index contributed by atoms with van der Waals surface area (Å²) in [7, 11) is 1.40. The molecule has 19 heavy (non-hydrogen) atoms. The summed E-state index contributed by atoms with van der Waals surface area (Å²) in [6.07, 6.45) is 0.580. The molecule has 0 aliphatic heterocycles. The third-order valence-corrected chi connectivity index (χ3v) is 3.21. The first kappa shape index (κ1) is 13.3. The van der Waals surface area contributed by atoms with E-state index in [1.54, 1.807) is 0 Å². The molecule has 0 radical (unpaired) electrons. The predicted octanol–water partition coefficient (Wildman–Crippen LogP) is 2.79. The lowest BCUT2D eigenvalue weighted by Crippen LogP contribution is -2.18. The summed E-state index contributed by atoms with van der Waals surface area (Å²) in [5, 5.41) is 3.91. The molecule has 0 unspecified atom stereocenters. The molecule has 1 heterocycles. The van der Waals surface area contributed by atoms with Crippen LogP contribution < -0.4 is 0 Å². The molecule has 0 aliphatic carbocycles. The van der Waals surface area contributed by atoms with Crippen LogP contribution in [0.25, 0.3) is 0 Å². The van der Waals surface area contributed by atoms with Crippen LogP contribution in [0.15, 0.2) is 34.9 Å². The second-order valence-corrected chi connectivity index (χ2v) is 4.50. The fraction of sp³-hybridized carbons (Fsp3) is 0.333. The maximum atomic E-state index is 12.0. The molecule has 0 spiro atoms. The molecule has 0 amide bonds. The van der Waals surface area contributed by atoms with Gasteiger partial charge in [0, 0.05) is 5.56 Å². The maximum absolute atomic E-state index is 12.0. The minimum absolute atomic E-state index is 0.266. The number of aryl methyl sites for hydroxylation is 2. The van der Waals surface area contributed by atoms with E-state index >= 15 is 0 Å².